The molecule has 0 saturated carbocycles. The Balaban J connectivity index is 2.77. The van der Waals surface area contributed by atoms with Gasteiger partial charge in [-0.15, -0.1) is 0 Å². The maximum absolute atomic E-state index is 13.3. The molecular weight excluding hydrogens is 221 g/mol. The summed E-state index contributed by atoms with van der Waals surface area (Å²) in [6.07, 6.45) is 0.342. The van der Waals surface area contributed by atoms with Crippen molar-refractivity contribution in [3.8, 4) is 0 Å². The first-order chi connectivity index (χ1) is 6.78. The van der Waals surface area contributed by atoms with Crippen LogP contribution in [-0.2, 0) is 9.59 Å². The highest BCUT2D eigenvalue weighted by molar-refractivity contribution is 7.99. The molecule has 1 rings (SSSR count). The van der Waals surface area contributed by atoms with E-state index in [2.05, 4.69) is 5.32 Å². The fourth-order valence-corrected chi connectivity index (χ4v) is 2.58. The van der Waals surface area contributed by atoms with Gasteiger partial charge in [-0.2, -0.15) is 11.8 Å². The lowest BCUT2D eigenvalue weighted by molar-refractivity contribution is -0.148. The van der Waals surface area contributed by atoms with E-state index in [1.54, 1.807) is 0 Å². The molecule has 0 spiro atoms. The van der Waals surface area contributed by atoms with Crippen LogP contribution in [0.2, 0.25) is 0 Å². The first-order valence-electron chi connectivity index (χ1n) is 4.61. The van der Waals surface area contributed by atoms with Gasteiger partial charge >= 0.3 is 5.97 Å². The molecule has 4 nitrogen and oxygen atoms in total. The first kappa shape index (κ1) is 12.3. The number of aliphatic carboxylic acids is 1. The number of rotatable bonds is 3. The summed E-state index contributed by atoms with van der Waals surface area (Å²) in [5, 5.41) is 11.3. The van der Waals surface area contributed by atoms with Gasteiger partial charge in [0.1, 0.15) is 5.54 Å². The summed E-state index contributed by atoms with van der Waals surface area (Å²) < 4.78 is 13.3. The molecule has 15 heavy (non-hydrogen) atoms. The number of carbonyl (C=O) groups is 2. The minimum atomic E-state index is -2.05. The highest BCUT2D eigenvalue weighted by atomic mass is 32.2. The number of hydrogen-bond donors (Lipinski definition) is 2. The highest BCUT2D eigenvalue weighted by Crippen LogP contribution is 2.29. The van der Waals surface area contributed by atoms with Gasteiger partial charge in [0.05, 0.1) is 0 Å². The van der Waals surface area contributed by atoms with Gasteiger partial charge in [-0.25, -0.2) is 9.18 Å². The molecule has 1 fully saturated rings. The lowest BCUT2D eigenvalue weighted by Crippen LogP contribution is -2.58. The van der Waals surface area contributed by atoms with E-state index in [-0.39, 0.29) is 0 Å². The topological polar surface area (TPSA) is 66.4 Å². The van der Waals surface area contributed by atoms with Crippen LogP contribution >= 0.6 is 11.8 Å². The van der Waals surface area contributed by atoms with Crippen molar-refractivity contribution in [3.63, 3.8) is 0 Å². The molecule has 0 radical (unpaired) electrons. The molecular formula is C9H14FNO3S. The van der Waals surface area contributed by atoms with E-state index in [4.69, 9.17) is 5.11 Å². The molecule has 0 aromatic rings. The SMILES string of the molecule is CC(C)(F)C(=O)NC1(C(=O)O)CCSC1. The van der Waals surface area contributed by atoms with Crippen LogP contribution in [0.25, 0.3) is 0 Å². The Morgan fingerprint density at radius 2 is 2.13 bits per heavy atom. The monoisotopic (exact) mass is 235 g/mol. The minimum absolute atomic E-state index is 0.296. The molecule has 0 bridgehead atoms. The molecule has 6 heteroatoms. The Labute approximate surface area is 91.6 Å². The van der Waals surface area contributed by atoms with Crippen molar-refractivity contribution in [3.05, 3.63) is 0 Å². The third kappa shape index (κ3) is 2.62. The van der Waals surface area contributed by atoms with Crippen LogP contribution in [0.4, 0.5) is 4.39 Å². The molecule has 1 heterocycles. The first-order valence-corrected chi connectivity index (χ1v) is 5.76. The quantitative estimate of drug-likeness (QED) is 0.759. The maximum atomic E-state index is 13.3. The molecule has 2 N–H and O–H groups in total. The van der Waals surface area contributed by atoms with E-state index in [1.165, 1.54) is 11.8 Å². The minimum Gasteiger partial charge on any atom is -0.479 e. The van der Waals surface area contributed by atoms with Crippen molar-refractivity contribution in [1.29, 1.82) is 0 Å². The van der Waals surface area contributed by atoms with Crippen molar-refractivity contribution in [2.75, 3.05) is 11.5 Å². The lowest BCUT2D eigenvalue weighted by atomic mass is 9.97. The fourth-order valence-electron chi connectivity index (χ4n) is 1.25. The van der Waals surface area contributed by atoms with Gasteiger partial charge in [0.2, 0.25) is 0 Å². The summed E-state index contributed by atoms with van der Waals surface area (Å²) in [5.41, 5.74) is -3.33. The Morgan fingerprint density at radius 1 is 1.53 bits per heavy atom. The summed E-state index contributed by atoms with van der Waals surface area (Å²) in [5.74, 6) is -0.999. The molecule has 0 aliphatic carbocycles. The van der Waals surface area contributed by atoms with Gasteiger partial charge in [0, 0.05) is 5.75 Å². The zero-order valence-corrected chi connectivity index (χ0v) is 9.49. The van der Waals surface area contributed by atoms with Crippen molar-refractivity contribution < 1.29 is 19.1 Å². The van der Waals surface area contributed by atoms with Crippen LogP contribution in [0.3, 0.4) is 0 Å². The van der Waals surface area contributed by atoms with Gasteiger partial charge in [-0.3, -0.25) is 4.79 Å². The van der Waals surface area contributed by atoms with E-state index in [0.717, 1.165) is 13.8 Å². The molecule has 86 valence electrons. The van der Waals surface area contributed by atoms with Gasteiger partial charge in [-0.05, 0) is 26.0 Å². The van der Waals surface area contributed by atoms with Gasteiger partial charge in [-0.1, -0.05) is 0 Å². The summed E-state index contributed by atoms with van der Waals surface area (Å²) in [6.45, 7) is 2.22. The summed E-state index contributed by atoms with van der Waals surface area (Å²) in [6, 6.07) is 0. The second-order valence-electron chi connectivity index (χ2n) is 4.12. The van der Waals surface area contributed by atoms with Gasteiger partial charge in [0.25, 0.3) is 5.91 Å². The number of carboxylic acids is 1. The smallest absolute Gasteiger partial charge is 0.330 e. The predicted molar refractivity (Wildman–Crippen MR) is 55.6 cm³/mol. The molecule has 1 aliphatic rings. The van der Waals surface area contributed by atoms with Crippen molar-refractivity contribution >= 4 is 23.6 Å². The zero-order chi connectivity index (χ0) is 11.7. The molecule has 1 aliphatic heterocycles. The number of nitrogens with one attached hydrogen (secondary N) is 1. The highest BCUT2D eigenvalue weighted by Gasteiger charge is 2.45. The average molecular weight is 235 g/mol. The van der Waals surface area contributed by atoms with E-state index in [9.17, 15) is 14.0 Å². The van der Waals surface area contributed by atoms with Crippen molar-refractivity contribution in [1.82, 2.24) is 5.32 Å². The third-order valence-electron chi connectivity index (χ3n) is 2.32. The fraction of sp³-hybridized carbons (Fsp3) is 0.778. The summed E-state index contributed by atoms with van der Waals surface area (Å²) in [4.78, 5) is 22.4. The number of thioether (sulfide) groups is 1. The largest absolute Gasteiger partial charge is 0.479 e. The second kappa shape index (κ2) is 4.00. The number of carboxylic acid groups (broad SMARTS) is 1. The third-order valence-corrected chi connectivity index (χ3v) is 3.51. The molecule has 1 amide bonds. The van der Waals surface area contributed by atoms with Crippen LogP contribution in [-0.4, -0.2) is 39.7 Å². The number of amides is 1. The molecule has 1 saturated heterocycles. The average Bonchev–Trinajstić information content (AvgIpc) is 2.52. The standard InChI is InChI=1S/C9H14FNO3S/c1-8(2,10)6(12)11-9(7(13)14)3-4-15-5-9/h3-5H2,1-2H3,(H,11,12)(H,13,14). The Bertz CT molecular complexity index is 282. The number of alkyl halides is 1. The Kier molecular flexibility index (Phi) is 3.28. The van der Waals surface area contributed by atoms with Crippen LogP contribution < -0.4 is 5.32 Å². The predicted octanol–water partition coefficient (Wildman–Crippen LogP) is 0.811. The Hall–Kier alpha value is -0.780. The van der Waals surface area contributed by atoms with Crippen LogP contribution in [0, 0.1) is 0 Å². The van der Waals surface area contributed by atoms with Gasteiger partial charge in [0.15, 0.2) is 5.67 Å². The summed E-state index contributed by atoms with van der Waals surface area (Å²) >= 11 is 1.44. The number of carbonyl (C=O) groups excluding carboxylic acids is 1. The molecule has 1 unspecified atom stereocenters. The second-order valence-corrected chi connectivity index (χ2v) is 5.22. The Morgan fingerprint density at radius 3 is 2.47 bits per heavy atom. The van der Waals surface area contributed by atoms with Crippen LogP contribution in [0.5, 0.6) is 0 Å². The van der Waals surface area contributed by atoms with Gasteiger partial charge < -0.3 is 10.4 Å². The zero-order valence-electron chi connectivity index (χ0n) is 8.67. The van der Waals surface area contributed by atoms with Crippen LogP contribution in [0.15, 0.2) is 0 Å². The number of halogens is 1. The molecule has 0 aromatic heterocycles. The van der Waals surface area contributed by atoms with E-state index in [1.807, 2.05) is 0 Å². The molecule has 0 aromatic carbocycles. The van der Waals surface area contributed by atoms with Crippen molar-refractivity contribution in [2.24, 2.45) is 0 Å². The molecule has 1 atom stereocenters. The van der Waals surface area contributed by atoms with E-state index >= 15 is 0 Å². The van der Waals surface area contributed by atoms with Crippen LogP contribution in [0.1, 0.15) is 20.3 Å². The summed E-state index contributed by atoms with van der Waals surface area (Å²) in [7, 11) is 0. The van der Waals surface area contributed by atoms with E-state index < -0.39 is 23.1 Å². The maximum Gasteiger partial charge on any atom is 0.330 e. The van der Waals surface area contributed by atoms with Crippen molar-refractivity contribution in [2.45, 2.75) is 31.5 Å². The number of hydrogen-bond acceptors (Lipinski definition) is 3. The normalized spacial score (nSPS) is 26.3. The van der Waals surface area contributed by atoms with E-state index in [0.29, 0.717) is 17.9 Å². The lowest BCUT2D eigenvalue weighted by Gasteiger charge is -2.27.